The Labute approximate surface area is 108 Å². The molecule has 0 radical (unpaired) electrons. The Morgan fingerprint density at radius 3 is 2.56 bits per heavy atom. The van der Waals surface area contributed by atoms with Crippen LogP contribution in [0.15, 0.2) is 24.3 Å². The zero-order valence-corrected chi connectivity index (χ0v) is 10.8. The maximum Gasteiger partial charge on any atom is 0.316 e. The Morgan fingerprint density at radius 2 is 2.06 bits per heavy atom. The van der Waals surface area contributed by atoms with Crippen molar-refractivity contribution in [1.82, 2.24) is 0 Å². The van der Waals surface area contributed by atoms with Gasteiger partial charge in [-0.1, -0.05) is 35.6 Å². The number of thiocarbonyl (C=S) groups is 1. The van der Waals surface area contributed by atoms with E-state index in [2.05, 4.69) is 5.32 Å². The van der Waals surface area contributed by atoms with E-state index in [-0.39, 0.29) is 0 Å². The first-order valence-electron chi connectivity index (χ1n) is 4.45. The van der Waals surface area contributed by atoms with Gasteiger partial charge in [0.25, 0.3) is 0 Å². The number of rotatable bonds is 3. The molecule has 0 saturated carbocycles. The van der Waals surface area contributed by atoms with Crippen molar-refractivity contribution in [3.63, 3.8) is 0 Å². The minimum Gasteiger partial charge on any atom is -0.480 e. The van der Waals surface area contributed by atoms with Crippen LogP contribution in [0.4, 0.5) is 5.69 Å². The standard InChI is InChI=1S/C10H10ClNO2S2/c1-6(9(13)14)16-10(15)12-8-4-2-7(11)3-5-8/h2-6H,1H3,(H,12,15)(H,13,14). The second kappa shape index (κ2) is 6.08. The summed E-state index contributed by atoms with van der Waals surface area (Å²) >= 11 is 11.8. The minimum atomic E-state index is -0.884. The van der Waals surface area contributed by atoms with Gasteiger partial charge in [-0.25, -0.2) is 0 Å². The molecule has 3 nitrogen and oxygen atoms in total. The maximum atomic E-state index is 10.6. The number of carbonyl (C=O) groups is 1. The van der Waals surface area contributed by atoms with Crippen molar-refractivity contribution in [3.8, 4) is 0 Å². The van der Waals surface area contributed by atoms with Crippen LogP contribution in [0, 0.1) is 0 Å². The molecule has 1 rings (SSSR count). The van der Waals surface area contributed by atoms with Crippen LogP contribution in [-0.4, -0.2) is 20.6 Å². The van der Waals surface area contributed by atoms with Crippen molar-refractivity contribution in [1.29, 1.82) is 0 Å². The fourth-order valence-corrected chi connectivity index (χ4v) is 2.17. The van der Waals surface area contributed by atoms with Gasteiger partial charge in [0.05, 0.1) is 0 Å². The van der Waals surface area contributed by atoms with Crippen LogP contribution in [0.3, 0.4) is 0 Å². The summed E-state index contributed by atoms with van der Waals surface area (Å²) in [6.07, 6.45) is 0. The molecule has 1 aromatic carbocycles. The average molecular weight is 276 g/mol. The second-order valence-corrected chi connectivity index (χ2v) is 5.47. The Balaban J connectivity index is 2.52. The predicted octanol–water partition coefficient (Wildman–Crippen LogP) is 3.24. The van der Waals surface area contributed by atoms with E-state index in [4.69, 9.17) is 28.9 Å². The third kappa shape index (κ3) is 4.38. The van der Waals surface area contributed by atoms with Crippen LogP contribution in [0.5, 0.6) is 0 Å². The Hall–Kier alpha value is -0.780. The molecule has 0 spiro atoms. The fraction of sp³-hybridized carbons (Fsp3) is 0.200. The summed E-state index contributed by atoms with van der Waals surface area (Å²) in [6, 6.07) is 7.02. The van der Waals surface area contributed by atoms with Gasteiger partial charge in [-0.15, -0.1) is 0 Å². The van der Waals surface area contributed by atoms with Crippen molar-refractivity contribution in [2.24, 2.45) is 0 Å². The lowest BCUT2D eigenvalue weighted by molar-refractivity contribution is -0.136. The van der Waals surface area contributed by atoms with Gasteiger partial charge in [0.2, 0.25) is 0 Å². The highest BCUT2D eigenvalue weighted by Gasteiger charge is 2.13. The molecule has 0 aromatic heterocycles. The zero-order chi connectivity index (χ0) is 12.1. The first kappa shape index (κ1) is 13.3. The lowest BCUT2D eigenvalue weighted by Crippen LogP contribution is -2.16. The number of hydrogen-bond donors (Lipinski definition) is 2. The molecule has 0 bridgehead atoms. The Kier molecular flexibility index (Phi) is 5.05. The topological polar surface area (TPSA) is 49.3 Å². The summed E-state index contributed by atoms with van der Waals surface area (Å²) in [4.78, 5) is 10.6. The average Bonchev–Trinajstić information content (AvgIpc) is 2.21. The van der Waals surface area contributed by atoms with Crippen molar-refractivity contribution in [2.45, 2.75) is 12.2 Å². The molecule has 1 aromatic rings. The van der Waals surface area contributed by atoms with Gasteiger partial charge in [-0.05, 0) is 31.2 Å². The third-order valence-electron chi connectivity index (χ3n) is 1.72. The van der Waals surface area contributed by atoms with E-state index in [0.717, 1.165) is 17.4 Å². The van der Waals surface area contributed by atoms with Crippen molar-refractivity contribution in [2.75, 3.05) is 5.32 Å². The molecule has 6 heteroatoms. The molecule has 0 heterocycles. The summed E-state index contributed by atoms with van der Waals surface area (Å²) in [5.41, 5.74) is 0.791. The van der Waals surface area contributed by atoms with E-state index in [9.17, 15) is 4.79 Å². The first-order chi connectivity index (χ1) is 7.49. The van der Waals surface area contributed by atoms with Gasteiger partial charge in [-0.3, -0.25) is 4.79 Å². The lowest BCUT2D eigenvalue weighted by Gasteiger charge is -2.09. The van der Waals surface area contributed by atoms with E-state index >= 15 is 0 Å². The quantitative estimate of drug-likeness (QED) is 0.830. The third-order valence-corrected chi connectivity index (χ3v) is 3.24. The molecule has 2 N–H and O–H groups in total. The molecule has 0 aliphatic carbocycles. The summed E-state index contributed by atoms with van der Waals surface area (Å²) in [5, 5.41) is 11.7. The van der Waals surface area contributed by atoms with E-state index in [0.29, 0.717) is 9.34 Å². The summed E-state index contributed by atoms with van der Waals surface area (Å²) in [7, 11) is 0. The molecular formula is C10H10ClNO2S2. The largest absolute Gasteiger partial charge is 0.480 e. The van der Waals surface area contributed by atoms with Crippen molar-refractivity contribution >= 4 is 51.6 Å². The van der Waals surface area contributed by atoms with E-state index in [1.165, 1.54) is 0 Å². The van der Waals surface area contributed by atoms with Gasteiger partial charge in [0, 0.05) is 10.7 Å². The Bertz CT molecular complexity index is 394. The molecule has 1 unspecified atom stereocenters. The number of benzene rings is 1. The number of halogens is 1. The van der Waals surface area contributed by atoms with E-state index in [1.54, 1.807) is 31.2 Å². The van der Waals surface area contributed by atoms with Crippen molar-refractivity contribution < 1.29 is 9.90 Å². The number of anilines is 1. The highest BCUT2D eigenvalue weighted by molar-refractivity contribution is 8.24. The summed E-state index contributed by atoms with van der Waals surface area (Å²) in [5.74, 6) is -0.884. The molecule has 16 heavy (non-hydrogen) atoms. The number of carboxylic acid groups (broad SMARTS) is 1. The first-order valence-corrected chi connectivity index (χ1v) is 6.11. The van der Waals surface area contributed by atoms with Gasteiger partial charge < -0.3 is 10.4 Å². The maximum absolute atomic E-state index is 10.6. The number of aliphatic carboxylic acids is 1. The smallest absolute Gasteiger partial charge is 0.316 e. The number of hydrogen-bond acceptors (Lipinski definition) is 3. The van der Waals surface area contributed by atoms with Crippen LogP contribution in [0.25, 0.3) is 0 Å². The molecule has 1 atom stereocenters. The van der Waals surface area contributed by atoms with E-state index in [1.807, 2.05) is 0 Å². The predicted molar refractivity (Wildman–Crippen MR) is 72.4 cm³/mol. The number of nitrogens with one attached hydrogen (secondary N) is 1. The zero-order valence-electron chi connectivity index (χ0n) is 8.44. The highest BCUT2D eigenvalue weighted by atomic mass is 35.5. The highest BCUT2D eigenvalue weighted by Crippen LogP contribution is 2.18. The van der Waals surface area contributed by atoms with Gasteiger partial charge in [0.15, 0.2) is 0 Å². The Morgan fingerprint density at radius 1 is 1.50 bits per heavy atom. The van der Waals surface area contributed by atoms with Gasteiger partial charge in [-0.2, -0.15) is 0 Å². The SMILES string of the molecule is CC(SC(=S)Nc1ccc(Cl)cc1)C(=O)O. The van der Waals surface area contributed by atoms with Crippen molar-refractivity contribution in [3.05, 3.63) is 29.3 Å². The molecule has 86 valence electrons. The van der Waals surface area contributed by atoms with Gasteiger partial charge >= 0.3 is 5.97 Å². The molecule has 0 aliphatic heterocycles. The van der Waals surface area contributed by atoms with E-state index < -0.39 is 11.2 Å². The van der Waals surface area contributed by atoms with Crippen LogP contribution >= 0.6 is 35.6 Å². The van der Waals surface area contributed by atoms with Crippen LogP contribution in [-0.2, 0) is 4.79 Å². The molecular weight excluding hydrogens is 266 g/mol. The molecule has 0 fully saturated rings. The second-order valence-electron chi connectivity index (χ2n) is 3.02. The molecule has 0 saturated heterocycles. The molecule has 0 amide bonds. The van der Waals surface area contributed by atoms with Crippen LogP contribution in [0.2, 0.25) is 5.02 Å². The number of carboxylic acids is 1. The summed E-state index contributed by atoms with van der Waals surface area (Å²) < 4.78 is 0.428. The van der Waals surface area contributed by atoms with Crippen LogP contribution in [0.1, 0.15) is 6.92 Å². The minimum absolute atomic E-state index is 0.428. The molecule has 0 aliphatic rings. The monoisotopic (exact) mass is 275 g/mol. The lowest BCUT2D eigenvalue weighted by atomic mass is 10.3. The number of thioether (sulfide) groups is 1. The summed E-state index contributed by atoms with van der Waals surface area (Å²) in [6.45, 7) is 1.59. The fourth-order valence-electron chi connectivity index (χ4n) is 0.892. The van der Waals surface area contributed by atoms with Gasteiger partial charge in [0.1, 0.15) is 9.57 Å². The van der Waals surface area contributed by atoms with Crippen LogP contribution < -0.4 is 5.32 Å². The normalized spacial score (nSPS) is 11.9.